The van der Waals surface area contributed by atoms with Gasteiger partial charge in [0, 0.05) is 0 Å². The summed E-state index contributed by atoms with van der Waals surface area (Å²) in [7, 11) is 0. The predicted molar refractivity (Wildman–Crippen MR) is 15.6 cm³/mol. The van der Waals surface area contributed by atoms with Crippen molar-refractivity contribution in [2.45, 2.75) is 0 Å². The molecule has 0 aliphatic carbocycles. The molecule has 0 atom stereocenters. The molecule has 0 amide bonds. The van der Waals surface area contributed by atoms with Gasteiger partial charge in [0.15, 0.2) is 0 Å². The van der Waals surface area contributed by atoms with Gasteiger partial charge in [-0.1, -0.05) is 0 Å². The van der Waals surface area contributed by atoms with E-state index < -0.39 is 0 Å². The fourth-order valence-corrected chi connectivity index (χ4v) is 0. The van der Waals surface area contributed by atoms with Crippen LogP contribution in [0.2, 0.25) is 0 Å². The van der Waals surface area contributed by atoms with Gasteiger partial charge in [-0.2, -0.15) is 0 Å². The van der Waals surface area contributed by atoms with Crippen LogP contribution in [0.5, 0.6) is 0 Å². The van der Waals surface area contributed by atoms with Gasteiger partial charge in [-0.3, -0.25) is 0 Å². The normalized spacial score (nSPS) is 3.00. The first-order valence-electron chi connectivity index (χ1n) is 0.816. The van der Waals surface area contributed by atoms with E-state index in [2.05, 4.69) is 13.5 Å². The van der Waals surface area contributed by atoms with E-state index in [0.717, 1.165) is 0 Å². The van der Waals surface area contributed by atoms with Gasteiger partial charge in [-0.25, -0.2) is 19.6 Å². The third-order valence-electron chi connectivity index (χ3n) is 0. The summed E-state index contributed by atoms with van der Waals surface area (Å²) in [5.74, 6) is 0. The molecule has 0 bridgehead atoms. The average Bonchev–Trinajstić information content (AvgIpc) is 0.918. The van der Waals surface area contributed by atoms with Gasteiger partial charge in [0.05, 0.1) is 0 Å². The monoisotopic (exact) mass is 183 g/mol. The Morgan fingerprint density at radius 3 is 1.75 bits per heavy atom. The van der Waals surface area contributed by atoms with Crippen LogP contribution in [0.1, 0.15) is 0 Å². The molecule has 0 saturated carbocycles. The second-order valence-corrected chi connectivity index (χ2v) is 0.289. The SMILES string of the molecule is C=C[CH2-].[Nd+3]. The quantitative estimate of drug-likeness (QED) is 0.494. The Labute approximate surface area is 59.8 Å². The van der Waals surface area contributed by atoms with Crippen LogP contribution in [0.15, 0.2) is 12.7 Å². The zero-order valence-corrected chi connectivity index (χ0v) is 5.70. The van der Waals surface area contributed by atoms with Gasteiger partial charge in [-0.05, 0) is 0 Å². The standard InChI is InChI=1S/C3H5.Nd/c1-3-2;/h3H,1-2H2;/q-1;+3. The van der Waals surface area contributed by atoms with Crippen molar-refractivity contribution in [3.8, 4) is 0 Å². The number of allylic oxidation sites excluding steroid dienone is 1. The second-order valence-electron chi connectivity index (χ2n) is 0.289. The Hall–Kier alpha value is 0.961. The summed E-state index contributed by atoms with van der Waals surface area (Å²) in [6, 6.07) is 0. The molecule has 0 aromatic carbocycles. The first-order chi connectivity index (χ1) is 1.41. The Balaban J connectivity index is 0. The van der Waals surface area contributed by atoms with Crippen molar-refractivity contribution >= 4 is 0 Å². The Bertz CT molecular complexity index is 10.8. The first kappa shape index (κ1) is 8.88. The molecule has 0 unspecified atom stereocenters. The van der Waals surface area contributed by atoms with Crippen LogP contribution in [-0.4, -0.2) is 0 Å². The molecule has 0 heterocycles. The Kier molecular flexibility index (Phi) is 20.0. The maximum atomic E-state index is 3.25. The maximum absolute atomic E-state index is 3.25. The zero-order valence-electron chi connectivity index (χ0n) is 2.49. The summed E-state index contributed by atoms with van der Waals surface area (Å²) in [4.78, 5) is 0. The van der Waals surface area contributed by atoms with Crippen molar-refractivity contribution in [2.75, 3.05) is 0 Å². The third-order valence-corrected chi connectivity index (χ3v) is 0. The summed E-state index contributed by atoms with van der Waals surface area (Å²) in [5, 5.41) is 0. The summed E-state index contributed by atoms with van der Waals surface area (Å²) >= 11 is 0. The second kappa shape index (κ2) is 9.03. The van der Waals surface area contributed by atoms with E-state index in [1.165, 1.54) is 6.08 Å². The van der Waals surface area contributed by atoms with Gasteiger partial charge in [0.2, 0.25) is 0 Å². The summed E-state index contributed by atoms with van der Waals surface area (Å²) in [6.45, 7) is 6.50. The minimum Gasteiger partial charge on any atom is -0.245 e. The van der Waals surface area contributed by atoms with Crippen LogP contribution < -0.4 is 0 Å². The minimum atomic E-state index is 0. The van der Waals surface area contributed by atoms with Gasteiger partial charge in [0.1, 0.15) is 0 Å². The first-order valence-corrected chi connectivity index (χ1v) is 0.816. The molecule has 19 valence electrons. The molecule has 0 nitrogen and oxygen atoms in total. The van der Waals surface area contributed by atoms with Crippen molar-refractivity contribution in [3.63, 3.8) is 0 Å². The molecule has 0 fully saturated rings. The molecule has 0 saturated heterocycles. The Morgan fingerprint density at radius 2 is 1.75 bits per heavy atom. The van der Waals surface area contributed by atoms with Crippen LogP contribution in [0.25, 0.3) is 0 Å². The molecule has 0 rings (SSSR count). The van der Waals surface area contributed by atoms with Gasteiger partial charge >= 0.3 is 40.8 Å². The van der Waals surface area contributed by atoms with Crippen molar-refractivity contribution in [2.24, 2.45) is 0 Å². The molecule has 1 heteroatoms. The van der Waals surface area contributed by atoms with E-state index in [4.69, 9.17) is 0 Å². The molecule has 0 aromatic heterocycles. The van der Waals surface area contributed by atoms with Crippen molar-refractivity contribution < 1.29 is 40.8 Å². The minimum absolute atomic E-state index is 0. The van der Waals surface area contributed by atoms with Crippen LogP contribution in [0.3, 0.4) is 0 Å². The fraction of sp³-hybridized carbons (Fsp3) is 0. The van der Waals surface area contributed by atoms with Crippen LogP contribution in [0, 0.1) is 47.8 Å². The van der Waals surface area contributed by atoms with E-state index in [-0.39, 0.29) is 40.8 Å². The smallest absolute Gasteiger partial charge is 0.245 e. The van der Waals surface area contributed by atoms with Gasteiger partial charge in [0.25, 0.3) is 0 Å². The molecule has 4 heavy (non-hydrogen) atoms. The number of hydrogen-bond donors (Lipinski definition) is 0. The van der Waals surface area contributed by atoms with E-state index in [9.17, 15) is 0 Å². The molecule has 0 spiro atoms. The van der Waals surface area contributed by atoms with Crippen LogP contribution in [-0.2, 0) is 0 Å². The molecule has 0 N–H and O–H groups in total. The van der Waals surface area contributed by atoms with Gasteiger partial charge in [-0.15, -0.1) is 0 Å². The van der Waals surface area contributed by atoms with Gasteiger partial charge < -0.3 is 0 Å². The van der Waals surface area contributed by atoms with Crippen molar-refractivity contribution in [3.05, 3.63) is 19.6 Å². The molecule has 0 aliphatic heterocycles. The molecule has 1 radical (unpaired) electrons. The summed E-state index contributed by atoms with van der Waals surface area (Å²) in [6.07, 6.45) is 1.50. The molecular formula is C3H5Nd+2. The van der Waals surface area contributed by atoms with Crippen LogP contribution in [0.4, 0.5) is 0 Å². The number of rotatable bonds is 0. The summed E-state index contributed by atoms with van der Waals surface area (Å²) in [5.41, 5.74) is 0. The third kappa shape index (κ3) is 12.3. The Morgan fingerprint density at radius 1 is 1.75 bits per heavy atom. The fourth-order valence-electron chi connectivity index (χ4n) is 0. The van der Waals surface area contributed by atoms with Crippen molar-refractivity contribution in [1.82, 2.24) is 0 Å². The largest absolute Gasteiger partial charge is 3.00 e. The topological polar surface area (TPSA) is 0 Å². The van der Waals surface area contributed by atoms with E-state index in [0.29, 0.717) is 0 Å². The summed E-state index contributed by atoms with van der Waals surface area (Å²) < 4.78 is 0. The predicted octanol–water partition coefficient (Wildman–Crippen LogP) is 1.01. The maximum Gasteiger partial charge on any atom is 3.00 e. The molecular weight excluding hydrogens is 180 g/mol. The van der Waals surface area contributed by atoms with Crippen molar-refractivity contribution in [1.29, 1.82) is 0 Å². The number of hydrogen-bond acceptors (Lipinski definition) is 0. The average molecular weight is 185 g/mol. The zero-order chi connectivity index (χ0) is 2.71. The van der Waals surface area contributed by atoms with E-state index >= 15 is 0 Å². The van der Waals surface area contributed by atoms with E-state index in [1.54, 1.807) is 0 Å². The van der Waals surface area contributed by atoms with Crippen LogP contribution >= 0.6 is 0 Å². The molecule has 0 aliphatic rings. The van der Waals surface area contributed by atoms with E-state index in [1.807, 2.05) is 0 Å². The molecule has 0 aromatic rings.